The highest BCUT2D eigenvalue weighted by Crippen LogP contribution is 2.40. The molecule has 35 heavy (non-hydrogen) atoms. The topological polar surface area (TPSA) is 0 Å². The van der Waals surface area contributed by atoms with Gasteiger partial charge in [-0.1, -0.05) is 118 Å². The number of hydrogen-bond acceptors (Lipinski definition) is 0. The summed E-state index contributed by atoms with van der Waals surface area (Å²) < 4.78 is 0. The third kappa shape index (κ3) is 6.90. The van der Waals surface area contributed by atoms with Crippen molar-refractivity contribution in [2.75, 3.05) is 0 Å². The Hall–Kier alpha value is -1.82. The fraction of sp³-hybridized carbons (Fsp3) is 0.600. The van der Waals surface area contributed by atoms with E-state index in [4.69, 9.17) is 0 Å². The van der Waals surface area contributed by atoms with Crippen molar-refractivity contribution in [3.63, 3.8) is 0 Å². The molecule has 0 nitrogen and oxygen atoms in total. The summed E-state index contributed by atoms with van der Waals surface area (Å²) in [6.07, 6.45) is 18.9. The maximum Gasteiger partial charge on any atom is -0.0103 e. The molecule has 194 valence electrons. The molecule has 0 heterocycles. The van der Waals surface area contributed by atoms with Gasteiger partial charge in [0.2, 0.25) is 0 Å². The van der Waals surface area contributed by atoms with Crippen molar-refractivity contribution >= 4 is 6.08 Å². The monoisotopic (exact) mass is 474 g/mol. The minimum atomic E-state index is 1.15. The molecule has 0 aromatic heterocycles. The molecular formula is C35H54. The van der Waals surface area contributed by atoms with Crippen LogP contribution in [0.3, 0.4) is 0 Å². The van der Waals surface area contributed by atoms with E-state index in [1.54, 1.807) is 38.9 Å². The molecule has 0 fully saturated rings. The Kier molecular flexibility index (Phi) is 12.9. The third-order valence-corrected chi connectivity index (χ3v) is 7.48. The maximum atomic E-state index is 4.38. The molecule has 0 aliphatic carbocycles. The zero-order valence-electron chi connectivity index (χ0n) is 24.3. The molecule has 0 spiro atoms. The summed E-state index contributed by atoms with van der Waals surface area (Å²) in [5.74, 6) is 0. The molecule has 2 aromatic rings. The van der Waals surface area contributed by atoms with E-state index in [0.717, 1.165) is 6.42 Å². The van der Waals surface area contributed by atoms with Gasteiger partial charge in [-0.2, -0.15) is 0 Å². The molecule has 0 heteroatoms. The lowest BCUT2D eigenvalue weighted by Gasteiger charge is -2.26. The third-order valence-electron chi connectivity index (χ3n) is 7.48. The van der Waals surface area contributed by atoms with Gasteiger partial charge in [-0.05, 0) is 101 Å². The predicted molar refractivity (Wildman–Crippen MR) is 160 cm³/mol. The van der Waals surface area contributed by atoms with Crippen molar-refractivity contribution in [1.29, 1.82) is 0 Å². The Morgan fingerprint density at radius 1 is 0.457 bits per heavy atom. The van der Waals surface area contributed by atoms with Crippen molar-refractivity contribution in [3.8, 4) is 11.1 Å². The van der Waals surface area contributed by atoms with E-state index >= 15 is 0 Å². The Balaban J connectivity index is 3.04. The van der Waals surface area contributed by atoms with Crippen LogP contribution in [0.4, 0.5) is 0 Å². The Labute approximate surface area is 218 Å². The van der Waals surface area contributed by atoms with Gasteiger partial charge in [0.25, 0.3) is 0 Å². The number of benzene rings is 2. The summed E-state index contributed by atoms with van der Waals surface area (Å²) in [4.78, 5) is 0. The van der Waals surface area contributed by atoms with Crippen LogP contribution in [0, 0.1) is 0 Å². The van der Waals surface area contributed by atoms with E-state index in [1.807, 2.05) is 0 Å². The molecule has 0 N–H and O–H groups in total. The van der Waals surface area contributed by atoms with E-state index in [1.165, 1.54) is 100 Å². The van der Waals surface area contributed by atoms with Crippen LogP contribution >= 0.6 is 0 Å². The average molecular weight is 475 g/mol. The smallest absolute Gasteiger partial charge is 0.0103 e. The molecule has 0 atom stereocenters. The van der Waals surface area contributed by atoms with Crippen molar-refractivity contribution in [3.05, 3.63) is 63.2 Å². The summed E-state index contributed by atoms with van der Waals surface area (Å²) in [5.41, 5.74) is 15.8. The molecule has 2 rings (SSSR count). The highest BCUT2D eigenvalue weighted by Gasteiger charge is 2.22. The summed E-state index contributed by atoms with van der Waals surface area (Å²) in [6.45, 7) is 20.7. The zero-order chi connectivity index (χ0) is 25.8. The predicted octanol–water partition coefficient (Wildman–Crippen LogP) is 10.7. The van der Waals surface area contributed by atoms with E-state index in [2.05, 4.69) is 73.3 Å². The van der Waals surface area contributed by atoms with Gasteiger partial charge in [0, 0.05) is 0 Å². The first kappa shape index (κ1) is 29.4. The van der Waals surface area contributed by atoms with Gasteiger partial charge in [0.1, 0.15) is 0 Å². The molecule has 0 aliphatic rings. The van der Waals surface area contributed by atoms with Crippen LogP contribution < -0.4 is 0 Å². The second-order valence-electron chi connectivity index (χ2n) is 10.4. The Morgan fingerprint density at radius 2 is 0.829 bits per heavy atom. The van der Waals surface area contributed by atoms with Crippen LogP contribution in [0.25, 0.3) is 17.2 Å². The lowest BCUT2D eigenvalue weighted by molar-refractivity contribution is 0.802. The van der Waals surface area contributed by atoms with Crippen LogP contribution in [-0.2, 0) is 44.9 Å². The minimum absolute atomic E-state index is 1.15. The van der Waals surface area contributed by atoms with E-state index in [9.17, 15) is 0 Å². The number of aryl methyl sites for hydroxylation is 2. The van der Waals surface area contributed by atoms with Crippen LogP contribution in [0.2, 0.25) is 0 Å². The van der Waals surface area contributed by atoms with Gasteiger partial charge in [0.05, 0.1) is 0 Å². The van der Waals surface area contributed by atoms with Gasteiger partial charge in [-0.25, -0.2) is 0 Å². The molecule has 0 unspecified atom stereocenters. The second kappa shape index (κ2) is 15.3. The Morgan fingerprint density at radius 3 is 1.29 bits per heavy atom. The molecule has 0 aliphatic heterocycles. The van der Waals surface area contributed by atoms with Crippen LogP contribution in [-0.4, -0.2) is 0 Å². The molecule has 0 bridgehead atoms. The second-order valence-corrected chi connectivity index (χ2v) is 10.4. The molecule has 0 saturated carbocycles. The van der Waals surface area contributed by atoms with Crippen molar-refractivity contribution in [1.82, 2.24) is 0 Å². The number of hydrogen-bond donors (Lipinski definition) is 0. The minimum Gasteiger partial charge on any atom is -0.0984 e. The van der Waals surface area contributed by atoms with Gasteiger partial charge >= 0.3 is 0 Å². The fourth-order valence-corrected chi connectivity index (χ4v) is 6.17. The molecular weight excluding hydrogens is 420 g/mol. The van der Waals surface area contributed by atoms with Crippen molar-refractivity contribution < 1.29 is 0 Å². The van der Waals surface area contributed by atoms with Crippen LogP contribution in [0.1, 0.15) is 138 Å². The normalized spacial score (nSPS) is 11.3. The molecule has 0 amide bonds. The summed E-state index contributed by atoms with van der Waals surface area (Å²) in [6, 6.07) is 5.20. The standard InChI is InChI=1S/C35H54/c1-9-17-26-24-34(28(16-8)31(21-13-5)29(26)19-11-3)35-25-27(18-10-2)30(20-12-4)32(22-14-6)33(35)23-15-7/h16,24-25H,8-15,17-23H2,1-7H3. The Bertz CT molecular complexity index is 943. The zero-order valence-corrected chi connectivity index (χ0v) is 24.3. The average Bonchev–Trinajstić information content (AvgIpc) is 2.84. The highest BCUT2D eigenvalue weighted by atomic mass is 14.3. The van der Waals surface area contributed by atoms with Gasteiger partial charge in [0.15, 0.2) is 0 Å². The van der Waals surface area contributed by atoms with Crippen LogP contribution in [0.15, 0.2) is 18.7 Å². The lowest BCUT2D eigenvalue weighted by Crippen LogP contribution is -2.10. The summed E-state index contributed by atoms with van der Waals surface area (Å²) >= 11 is 0. The van der Waals surface area contributed by atoms with E-state index < -0.39 is 0 Å². The van der Waals surface area contributed by atoms with E-state index in [0.29, 0.717) is 0 Å². The first-order valence-corrected chi connectivity index (χ1v) is 15.0. The lowest BCUT2D eigenvalue weighted by atomic mass is 9.78. The molecule has 0 radical (unpaired) electrons. The number of rotatable bonds is 16. The van der Waals surface area contributed by atoms with Gasteiger partial charge < -0.3 is 0 Å². The van der Waals surface area contributed by atoms with Crippen LogP contribution in [0.5, 0.6) is 0 Å². The van der Waals surface area contributed by atoms with Crippen molar-refractivity contribution in [2.45, 2.75) is 138 Å². The largest absolute Gasteiger partial charge is 0.0984 e. The molecule has 0 saturated heterocycles. The van der Waals surface area contributed by atoms with Crippen molar-refractivity contribution in [2.24, 2.45) is 0 Å². The first-order valence-electron chi connectivity index (χ1n) is 15.0. The van der Waals surface area contributed by atoms with E-state index in [-0.39, 0.29) is 0 Å². The summed E-state index contributed by atoms with van der Waals surface area (Å²) in [7, 11) is 0. The first-order chi connectivity index (χ1) is 17.1. The van der Waals surface area contributed by atoms with Gasteiger partial charge in [-0.3, -0.25) is 0 Å². The quantitative estimate of drug-likeness (QED) is 0.227. The molecule has 2 aromatic carbocycles. The summed E-state index contributed by atoms with van der Waals surface area (Å²) in [5, 5.41) is 0. The SMILES string of the molecule is C=Cc1c(-c2cc(CCC)c(CCC)c(CCC)c2CCC)cc(CCC)c(CCC)c1CCC. The van der Waals surface area contributed by atoms with Gasteiger partial charge in [-0.15, -0.1) is 0 Å². The fourth-order valence-electron chi connectivity index (χ4n) is 6.17. The maximum absolute atomic E-state index is 4.38. The highest BCUT2D eigenvalue weighted by molar-refractivity contribution is 5.82.